The number of aryl methyl sites for hydroxylation is 2. The molecule has 0 aliphatic heterocycles. The lowest BCUT2D eigenvalue weighted by atomic mass is 10.2. The van der Waals surface area contributed by atoms with E-state index in [9.17, 15) is 9.18 Å². The second kappa shape index (κ2) is 6.76. The molecule has 1 heterocycles. The second-order valence-electron chi connectivity index (χ2n) is 4.54. The van der Waals surface area contributed by atoms with E-state index >= 15 is 0 Å². The van der Waals surface area contributed by atoms with Crippen LogP contribution in [0, 0.1) is 5.82 Å². The third-order valence-electron chi connectivity index (χ3n) is 3.13. The van der Waals surface area contributed by atoms with Gasteiger partial charge in [0.1, 0.15) is 5.82 Å². The standard InChI is InChI=1S/C15H17FN2O2S/c1-3-11-8-12(18(4-2)17-11)9-21-14-7-10(15(19)20)5-6-13(14)16/h5-8H,3-4,9H2,1-2H3,(H,19,20). The van der Waals surface area contributed by atoms with Crippen molar-refractivity contribution in [3.05, 3.63) is 47.0 Å². The Bertz CT molecular complexity index is 655. The number of carbonyl (C=O) groups is 1. The minimum Gasteiger partial charge on any atom is -0.478 e. The summed E-state index contributed by atoms with van der Waals surface area (Å²) in [6.07, 6.45) is 0.855. The van der Waals surface area contributed by atoms with Crippen LogP contribution in [-0.4, -0.2) is 20.9 Å². The van der Waals surface area contributed by atoms with E-state index in [-0.39, 0.29) is 5.56 Å². The Balaban J connectivity index is 2.18. The monoisotopic (exact) mass is 308 g/mol. The van der Waals surface area contributed by atoms with Crippen molar-refractivity contribution in [1.82, 2.24) is 9.78 Å². The number of hydrogen-bond acceptors (Lipinski definition) is 3. The van der Waals surface area contributed by atoms with E-state index in [4.69, 9.17) is 5.11 Å². The molecular weight excluding hydrogens is 291 g/mol. The summed E-state index contributed by atoms with van der Waals surface area (Å²) < 4.78 is 15.6. The zero-order valence-electron chi connectivity index (χ0n) is 12.0. The molecule has 21 heavy (non-hydrogen) atoms. The predicted octanol–water partition coefficient (Wildman–Crippen LogP) is 3.60. The minimum absolute atomic E-state index is 0.0946. The van der Waals surface area contributed by atoms with Gasteiger partial charge in [-0.25, -0.2) is 9.18 Å². The van der Waals surface area contributed by atoms with Crippen LogP contribution in [0.5, 0.6) is 0 Å². The molecule has 0 amide bonds. The average molecular weight is 308 g/mol. The quantitative estimate of drug-likeness (QED) is 0.829. The van der Waals surface area contributed by atoms with Gasteiger partial charge in [0.05, 0.1) is 11.3 Å². The Morgan fingerprint density at radius 2 is 2.14 bits per heavy atom. The van der Waals surface area contributed by atoms with Crippen LogP contribution >= 0.6 is 11.8 Å². The summed E-state index contributed by atoms with van der Waals surface area (Å²) >= 11 is 1.29. The molecule has 0 saturated heterocycles. The molecule has 0 aliphatic carbocycles. The lowest BCUT2D eigenvalue weighted by molar-refractivity contribution is 0.0696. The normalized spacial score (nSPS) is 10.8. The van der Waals surface area contributed by atoms with Crippen molar-refractivity contribution in [3.8, 4) is 0 Å². The third-order valence-corrected chi connectivity index (χ3v) is 4.19. The highest BCUT2D eigenvalue weighted by Crippen LogP contribution is 2.27. The fourth-order valence-electron chi connectivity index (χ4n) is 1.98. The summed E-state index contributed by atoms with van der Waals surface area (Å²) in [5, 5.41) is 13.4. The summed E-state index contributed by atoms with van der Waals surface area (Å²) in [7, 11) is 0. The molecule has 0 fully saturated rings. The summed E-state index contributed by atoms with van der Waals surface area (Å²) in [6, 6.07) is 5.85. The van der Waals surface area contributed by atoms with E-state index in [1.54, 1.807) is 0 Å². The lowest BCUT2D eigenvalue weighted by Crippen LogP contribution is -2.02. The van der Waals surface area contributed by atoms with E-state index in [0.29, 0.717) is 10.6 Å². The fourth-order valence-corrected chi connectivity index (χ4v) is 2.93. The number of thioether (sulfide) groups is 1. The Hall–Kier alpha value is -1.82. The van der Waals surface area contributed by atoms with E-state index in [2.05, 4.69) is 5.10 Å². The molecule has 0 spiro atoms. The smallest absolute Gasteiger partial charge is 0.335 e. The van der Waals surface area contributed by atoms with Gasteiger partial charge in [-0.2, -0.15) is 5.10 Å². The molecular formula is C15H17FN2O2S. The number of nitrogens with zero attached hydrogens (tertiary/aromatic N) is 2. The van der Waals surface area contributed by atoms with Crippen molar-refractivity contribution in [3.63, 3.8) is 0 Å². The second-order valence-corrected chi connectivity index (χ2v) is 5.55. The van der Waals surface area contributed by atoms with Crippen molar-refractivity contribution >= 4 is 17.7 Å². The number of aromatic nitrogens is 2. The molecule has 0 saturated carbocycles. The van der Waals surface area contributed by atoms with Crippen molar-refractivity contribution in [2.75, 3.05) is 0 Å². The van der Waals surface area contributed by atoms with E-state index in [1.807, 2.05) is 24.6 Å². The van der Waals surface area contributed by atoms with Crippen molar-refractivity contribution in [2.24, 2.45) is 0 Å². The van der Waals surface area contributed by atoms with Crippen LogP contribution in [0.15, 0.2) is 29.2 Å². The highest BCUT2D eigenvalue weighted by Gasteiger charge is 2.11. The average Bonchev–Trinajstić information content (AvgIpc) is 2.88. The van der Waals surface area contributed by atoms with Gasteiger partial charge in [-0.15, -0.1) is 11.8 Å². The first-order chi connectivity index (χ1) is 10.0. The molecule has 4 nitrogen and oxygen atoms in total. The van der Waals surface area contributed by atoms with Crippen LogP contribution in [0.2, 0.25) is 0 Å². The number of hydrogen-bond donors (Lipinski definition) is 1. The van der Waals surface area contributed by atoms with Crippen molar-refractivity contribution in [2.45, 2.75) is 37.5 Å². The van der Waals surface area contributed by atoms with Gasteiger partial charge in [0.15, 0.2) is 0 Å². The molecule has 2 aromatic rings. The highest BCUT2D eigenvalue weighted by molar-refractivity contribution is 7.98. The van der Waals surface area contributed by atoms with E-state index < -0.39 is 11.8 Å². The number of halogens is 1. The molecule has 0 atom stereocenters. The maximum absolute atomic E-state index is 13.8. The highest BCUT2D eigenvalue weighted by atomic mass is 32.2. The summed E-state index contributed by atoms with van der Waals surface area (Å²) in [6.45, 7) is 4.80. The molecule has 1 N–H and O–H groups in total. The lowest BCUT2D eigenvalue weighted by Gasteiger charge is -2.06. The fraction of sp³-hybridized carbons (Fsp3) is 0.333. The summed E-state index contributed by atoms with van der Waals surface area (Å²) in [4.78, 5) is 11.3. The number of benzene rings is 1. The first-order valence-corrected chi connectivity index (χ1v) is 7.75. The van der Waals surface area contributed by atoms with Gasteiger partial charge in [0, 0.05) is 22.9 Å². The molecule has 0 radical (unpaired) electrons. The Kier molecular flexibility index (Phi) is 5.01. The van der Waals surface area contributed by atoms with Crippen molar-refractivity contribution < 1.29 is 14.3 Å². The SMILES string of the molecule is CCc1cc(CSc2cc(C(=O)O)ccc2F)n(CC)n1. The predicted molar refractivity (Wildman–Crippen MR) is 80.2 cm³/mol. The van der Waals surface area contributed by atoms with Crippen LogP contribution in [0.1, 0.15) is 35.6 Å². The molecule has 0 aliphatic rings. The Labute approximate surface area is 127 Å². The van der Waals surface area contributed by atoms with E-state index in [0.717, 1.165) is 24.4 Å². The van der Waals surface area contributed by atoms with Crippen LogP contribution in [0.4, 0.5) is 4.39 Å². The number of carboxylic acid groups (broad SMARTS) is 1. The van der Waals surface area contributed by atoms with Gasteiger partial charge in [-0.1, -0.05) is 6.92 Å². The molecule has 1 aromatic carbocycles. The van der Waals surface area contributed by atoms with Gasteiger partial charge < -0.3 is 5.11 Å². The zero-order valence-corrected chi connectivity index (χ0v) is 12.8. The molecule has 112 valence electrons. The number of aromatic carboxylic acids is 1. The van der Waals surface area contributed by atoms with Gasteiger partial charge >= 0.3 is 5.97 Å². The van der Waals surface area contributed by atoms with Crippen LogP contribution in [-0.2, 0) is 18.7 Å². The molecule has 0 unspecified atom stereocenters. The minimum atomic E-state index is -1.05. The van der Waals surface area contributed by atoms with Gasteiger partial charge in [-0.3, -0.25) is 4.68 Å². The Morgan fingerprint density at radius 1 is 1.38 bits per heavy atom. The summed E-state index contributed by atoms with van der Waals surface area (Å²) in [5.74, 6) is -0.895. The topological polar surface area (TPSA) is 55.1 Å². The molecule has 0 bridgehead atoms. The molecule has 6 heteroatoms. The van der Waals surface area contributed by atoms with Crippen LogP contribution < -0.4 is 0 Å². The Morgan fingerprint density at radius 3 is 2.76 bits per heavy atom. The van der Waals surface area contributed by atoms with Gasteiger partial charge in [-0.05, 0) is 37.6 Å². The molecule has 2 rings (SSSR count). The van der Waals surface area contributed by atoms with Crippen molar-refractivity contribution in [1.29, 1.82) is 0 Å². The van der Waals surface area contributed by atoms with Gasteiger partial charge in [0.2, 0.25) is 0 Å². The maximum Gasteiger partial charge on any atom is 0.335 e. The largest absolute Gasteiger partial charge is 0.478 e. The van der Waals surface area contributed by atoms with Crippen LogP contribution in [0.3, 0.4) is 0 Å². The third kappa shape index (κ3) is 3.64. The first-order valence-electron chi connectivity index (χ1n) is 6.76. The van der Waals surface area contributed by atoms with Crippen LogP contribution in [0.25, 0.3) is 0 Å². The van der Waals surface area contributed by atoms with E-state index in [1.165, 1.54) is 30.0 Å². The first kappa shape index (κ1) is 15.6. The number of rotatable bonds is 6. The molecule has 1 aromatic heterocycles. The number of carboxylic acids is 1. The summed E-state index contributed by atoms with van der Waals surface area (Å²) in [5.41, 5.74) is 2.11. The zero-order chi connectivity index (χ0) is 15.4. The van der Waals surface area contributed by atoms with Gasteiger partial charge in [0.25, 0.3) is 0 Å². The maximum atomic E-state index is 13.8.